The van der Waals surface area contributed by atoms with Gasteiger partial charge in [0.1, 0.15) is 0 Å². The summed E-state index contributed by atoms with van der Waals surface area (Å²) in [6.07, 6.45) is 0.553. The molecule has 0 saturated heterocycles. The second-order valence-corrected chi connectivity index (χ2v) is 6.41. The number of hydrogen-bond acceptors (Lipinski definition) is 5. The Morgan fingerprint density at radius 3 is 2.46 bits per heavy atom. The van der Waals surface area contributed by atoms with Gasteiger partial charge in [-0.15, -0.1) is 0 Å². The van der Waals surface area contributed by atoms with Gasteiger partial charge in [-0.2, -0.15) is 8.78 Å². The number of rotatable bonds is 8. The molecule has 0 bridgehead atoms. The monoisotopic (exact) mass is 457 g/mol. The summed E-state index contributed by atoms with van der Waals surface area (Å²) in [5, 5.41) is 2.54. The van der Waals surface area contributed by atoms with Crippen molar-refractivity contribution in [2.75, 3.05) is 19.5 Å². The van der Waals surface area contributed by atoms with E-state index in [1.54, 1.807) is 0 Å². The molecule has 2 aromatic rings. The van der Waals surface area contributed by atoms with Gasteiger partial charge in [0, 0.05) is 23.0 Å². The number of nitrogens with one attached hydrogen (secondary N) is 1. The number of esters is 1. The molecule has 0 spiro atoms. The molecule has 6 nitrogen and oxygen atoms in total. The van der Waals surface area contributed by atoms with E-state index < -0.39 is 18.5 Å². The lowest BCUT2D eigenvalue weighted by atomic mass is 10.1. The lowest BCUT2D eigenvalue weighted by Gasteiger charge is -2.15. The van der Waals surface area contributed by atoms with Crippen LogP contribution in [0, 0.1) is 0 Å². The summed E-state index contributed by atoms with van der Waals surface area (Å²) < 4.78 is 40.2. The summed E-state index contributed by atoms with van der Waals surface area (Å²) in [5.74, 6) is -1.57. The molecule has 0 aromatic heterocycles. The van der Waals surface area contributed by atoms with E-state index in [1.165, 1.54) is 13.2 Å². The number of carbonyl (C=O) groups excluding carboxylic acids is 2. The van der Waals surface area contributed by atoms with Crippen LogP contribution < -0.4 is 14.8 Å². The van der Waals surface area contributed by atoms with Crippen molar-refractivity contribution in [3.63, 3.8) is 0 Å². The zero-order valence-corrected chi connectivity index (χ0v) is 16.7. The third-order valence-electron chi connectivity index (χ3n) is 3.78. The lowest BCUT2D eigenvalue weighted by molar-refractivity contribution is -0.116. The van der Waals surface area contributed by atoms with Crippen molar-refractivity contribution in [1.82, 2.24) is 0 Å². The Morgan fingerprint density at radius 1 is 1.14 bits per heavy atom. The third kappa shape index (κ3) is 5.66. The second-order valence-electron chi connectivity index (χ2n) is 5.56. The molecule has 0 heterocycles. The maximum Gasteiger partial charge on any atom is 0.387 e. The fourth-order valence-corrected chi connectivity index (χ4v) is 2.93. The summed E-state index contributed by atoms with van der Waals surface area (Å²) in [6, 6.07) is 9.72. The third-order valence-corrected chi connectivity index (χ3v) is 4.55. The highest BCUT2D eigenvalue weighted by Crippen LogP contribution is 2.35. The molecule has 0 aliphatic rings. The van der Waals surface area contributed by atoms with Crippen LogP contribution >= 0.6 is 15.9 Å². The number of amides is 1. The fourth-order valence-electron chi connectivity index (χ4n) is 2.45. The molecular formula is C19H18BrF2NO5. The van der Waals surface area contributed by atoms with E-state index in [9.17, 15) is 18.4 Å². The normalized spacial score (nSPS) is 10.5. The molecule has 0 radical (unpaired) electrons. The number of alkyl halides is 2. The number of methoxy groups -OCH3 is 2. The first-order valence-corrected chi connectivity index (χ1v) is 8.93. The van der Waals surface area contributed by atoms with Crippen LogP contribution in [0.3, 0.4) is 0 Å². The van der Waals surface area contributed by atoms with E-state index in [1.807, 2.05) is 24.3 Å². The lowest BCUT2D eigenvalue weighted by Crippen LogP contribution is -2.16. The Balaban J connectivity index is 2.24. The molecule has 0 aliphatic heterocycles. The average molecular weight is 458 g/mol. The number of benzene rings is 2. The van der Waals surface area contributed by atoms with E-state index in [2.05, 4.69) is 30.7 Å². The minimum Gasteiger partial charge on any atom is -0.493 e. The molecule has 9 heteroatoms. The Morgan fingerprint density at radius 2 is 1.86 bits per heavy atom. The van der Waals surface area contributed by atoms with E-state index >= 15 is 0 Å². The van der Waals surface area contributed by atoms with Gasteiger partial charge >= 0.3 is 12.6 Å². The smallest absolute Gasteiger partial charge is 0.387 e. The van der Waals surface area contributed by atoms with Crippen LogP contribution in [0.25, 0.3) is 0 Å². The molecule has 1 amide bonds. The van der Waals surface area contributed by atoms with Crippen LogP contribution in [0.5, 0.6) is 11.5 Å². The van der Waals surface area contributed by atoms with Crippen molar-refractivity contribution >= 4 is 33.5 Å². The van der Waals surface area contributed by atoms with Crippen molar-refractivity contribution in [2.45, 2.75) is 19.5 Å². The molecule has 0 atom stereocenters. The van der Waals surface area contributed by atoms with Crippen molar-refractivity contribution in [3.05, 3.63) is 52.0 Å². The van der Waals surface area contributed by atoms with Crippen LogP contribution in [-0.2, 0) is 16.0 Å². The summed E-state index contributed by atoms with van der Waals surface area (Å²) in [5.41, 5.74) is 0.873. The minimum atomic E-state index is -3.10. The van der Waals surface area contributed by atoms with Gasteiger partial charge in [0.15, 0.2) is 11.5 Å². The highest BCUT2D eigenvalue weighted by Gasteiger charge is 2.21. The Bertz CT molecular complexity index is 860. The molecule has 2 aromatic carbocycles. The maximum atomic E-state index is 12.6. The van der Waals surface area contributed by atoms with Gasteiger partial charge in [-0.05, 0) is 18.1 Å². The zero-order valence-electron chi connectivity index (χ0n) is 15.1. The number of hydrogen-bond donors (Lipinski definition) is 1. The van der Waals surface area contributed by atoms with Crippen LogP contribution in [0.2, 0.25) is 0 Å². The Hall–Kier alpha value is -2.68. The van der Waals surface area contributed by atoms with Crippen molar-refractivity contribution in [1.29, 1.82) is 0 Å². The van der Waals surface area contributed by atoms with Gasteiger partial charge in [-0.25, -0.2) is 4.79 Å². The number of ether oxygens (including phenoxy) is 3. The number of halogens is 3. The van der Waals surface area contributed by atoms with Gasteiger partial charge < -0.3 is 19.5 Å². The standard InChI is InChI=1S/C19H18BrF2NO5/c1-26-15-9-12(18(25)27-2)14(10-16(15)28-19(21)22)23-17(24)8-7-11-5-3-4-6-13(11)20/h3-6,9-10,19H,7-8H2,1-2H3,(H,23,24). The number of carbonyl (C=O) groups is 2. The average Bonchev–Trinajstić information content (AvgIpc) is 2.66. The Labute approximate surface area is 168 Å². The van der Waals surface area contributed by atoms with Gasteiger partial charge in [-0.1, -0.05) is 34.1 Å². The molecule has 1 N–H and O–H groups in total. The summed E-state index contributed by atoms with van der Waals surface area (Å²) >= 11 is 3.41. The predicted octanol–water partition coefficient (Wildman–Crippen LogP) is 4.42. The van der Waals surface area contributed by atoms with E-state index in [0.717, 1.165) is 23.2 Å². The van der Waals surface area contributed by atoms with Crippen LogP contribution in [-0.4, -0.2) is 32.7 Å². The maximum absolute atomic E-state index is 12.6. The van der Waals surface area contributed by atoms with Crippen molar-refractivity contribution in [2.24, 2.45) is 0 Å². The predicted molar refractivity (Wildman–Crippen MR) is 102 cm³/mol. The summed E-state index contributed by atoms with van der Waals surface area (Å²) in [7, 11) is 2.40. The quantitative estimate of drug-likeness (QED) is 0.594. The first-order chi connectivity index (χ1) is 13.3. The fraction of sp³-hybridized carbons (Fsp3) is 0.263. The van der Waals surface area contributed by atoms with Gasteiger partial charge in [0.2, 0.25) is 5.91 Å². The van der Waals surface area contributed by atoms with Crippen molar-refractivity contribution < 1.29 is 32.6 Å². The first kappa shape index (κ1) is 21.6. The molecule has 0 saturated carbocycles. The number of aryl methyl sites for hydroxylation is 1. The van der Waals surface area contributed by atoms with Crippen LogP contribution in [0.15, 0.2) is 40.9 Å². The molecule has 28 heavy (non-hydrogen) atoms. The molecular weight excluding hydrogens is 440 g/mol. The van der Waals surface area contributed by atoms with Crippen LogP contribution in [0.4, 0.5) is 14.5 Å². The van der Waals surface area contributed by atoms with Crippen LogP contribution in [0.1, 0.15) is 22.3 Å². The van der Waals surface area contributed by atoms with Gasteiger partial charge in [0.25, 0.3) is 0 Å². The van der Waals surface area contributed by atoms with Gasteiger partial charge in [-0.3, -0.25) is 4.79 Å². The van der Waals surface area contributed by atoms with E-state index in [-0.39, 0.29) is 29.2 Å². The highest BCUT2D eigenvalue weighted by atomic mass is 79.9. The second kappa shape index (κ2) is 10.0. The van der Waals surface area contributed by atoms with E-state index in [0.29, 0.717) is 6.42 Å². The van der Waals surface area contributed by atoms with Gasteiger partial charge in [0.05, 0.1) is 25.5 Å². The molecule has 2 rings (SSSR count). The summed E-state index contributed by atoms with van der Waals surface area (Å²) in [4.78, 5) is 24.4. The topological polar surface area (TPSA) is 73.9 Å². The molecule has 0 aliphatic carbocycles. The molecule has 0 unspecified atom stereocenters. The van der Waals surface area contributed by atoms with E-state index in [4.69, 9.17) is 4.74 Å². The Kier molecular flexibility index (Phi) is 7.74. The largest absolute Gasteiger partial charge is 0.493 e. The SMILES string of the molecule is COC(=O)c1cc(OC)c(OC(F)F)cc1NC(=O)CCc1ccccc1Br. The molecule has 150 valence electrons. The summed E-state index contributed by atoms with van der Waals surface area (Å²) in [6.45, 7) is -3.10. The highest BCUT2D eigenvalue weighted by molar-refractivity contribution is 9.10. The zero-order chi connectivity index (χ0) is 20.7. The first-order valence-electron chi connectivity index (χ1n) is 8.14. The molecule has 0 fully saturated rings. The number of anilines is 1. The minimum absolute atomic E-state index is 0.0135. The van der Waals surface area contributed by atoms with Crippen molar-refractivity contribution in [3.8, 4) is 11.5 Å².